The number of hydrogen-bond acceptors (Lipinski definition) is 3. The standard InChI is InChI=1S/C20H27NO3/c1-5-24-21-19(22)18(17-12-14(2)6-7-15(17)3)13-20(21)10-8-16(23-4)9-11-20/h6-7,12-13,16H,5,8-11H2,1-4H3. The summed E-state index contributed by atoms with van der Waals surface area (Å²) in [6.07, 6.45) is 6.09. The predicted molar refractivity (Wildman–Crippen MR) is 94.4 cm³/mol. The first-order valence-electron chi connectivity index (χ1n) is 8.81. The van der Waals surface area contributed by atoms with E-state index < -0.39 is 0 Å². The molecule has 0 unspecified atom stereocenters. The summed E-state index contributed by atoms with van der Waals surface area (Å²) in [6.45, 7) is 6.54. The highest BCUT2D eigenvalue weighted by Gasteiger charge is 2.48. The van der Waals surface area contributed by atoms with Gasteiger partial charge < -0.3 is 4.74 Å². The van der Waals surface area contributed by atoms with Crippen LogP contribution in [0.1, 0.15) is 49.3 Å². The van der Waals surface area contributed by atoms with Crippen LogP contribution in [-0.2, 0) is 14.4 Å². The lowest BCUT2D eigenvalue weighted by molar-refractivity contribution is -0.209. The van der Waals surface area contributed by atoms with Gasteiger partial charge in [-0.1, -0.05) is 23.8 Å². The van der Waals surface area contributed by atoms with Crippen molar-refractivity contribution in [2.45, 2.75) is 58.1 Å². The minimum atomic E-state index is -0.326. The van der Waals surface area contributed by atoms with Crippen LogP contribution in [0.2, 0.25) is 0 Å². The molecule has 0 bridgehead atoms. The molecule has 24 heavy (non-hydrogen) atoms. The van der Waals surface area contributed by atoms with E-state index in [0.29, 0.717) is 6.61 Å². The van der Waals surface area contributed by atoms with Crippen LogP contribution in [0.15, 0.2) is 24.3 Å². The Kier molecular flexibility index (Phi) is 4.79. The Hall–Kier alpha value is -1.65. The van der Waals surface area contributed by atoms with E-state index >= 15 is 0 Å². The van der Waals surface area contributed by atoms with Gasteiger partial charge in [-0.25, -0.2) is 5.06 Å². The molecule has 0 N–H and O–H groups in total. The van der Waals surface area contributed by atoms with Gasteiger partial charge in [-0.3, -0.25) is 9.63 Å². The van der Waals surface area contributed by atoms with Gasteiger partial charge >= 0.3 is 0 Å². The molecule has 3 rings (SSSR count). The second-order valence-electron chi connectivity index (χ2n) is 6.93. The molecule has 1 aromatic carbocycles. The number of hydrogen-bond donors (Lipinski definition) is 0. The number of aryl methyl sites for hydroxylation is 2. The Balaban J connectivity index is 1.99. The van der Waals surface area contributed by atoms with Gasteiger partial charge in [-0.15, -0.1) is 0 Å². The molecule has 0 atom stereocenters. The maximum absolute atomic E-state index is 13.1. The molecule has 1 fully saturated rings. The van der Waals surface area contributed by atoms with Crippen LogP contribution in [0, 0.1) is 13.8 Å². The van der Waals surface area contributed by atoms with Crippen molar-refractivity contribution < 1.29 is 14.4 Å². The van der Waals surface area contributed by atoms with E-state index in [1.807, 2.05) is 6.92 Å². The lowest BCUT2D eigenvalue weighted by atomic mass is 9.80. The lowest BCUT2D eigenvalue weighted by Crippen LogP contribution is -2.49. The van der Waals surface area contributed by atoms with Gasteiger partial charge in [0.05, 0.1) is 18.2 Å². The zero-order valence-corrected chi connectivity index (χ0v) is 15.1. The average Bonchev–Trinajstić information content (AvgIpc) is 2.84. The molecular weight excluding hydrogens is 302 g/mol. The van der Waals surface area contributed by atoms with Crippen LogP contribution in [0.25, 0.3) is 5.57 Å². The molecule has 1 heterocycles. The third-order valence-electron chi connectivity index (χ3n) is 5.31. The van der Waals surface area contributed by atoms with E-state index in [1.54, 1.807) is 12.2 Å². The van der Waals surface area contributed by atoms with Crippen LogP contribution < -0.4 is 0 Å². The lowest BCUT2D eigenvalue weighted by Gasteiger charge is -2.41. The SMILES string of the molecule is CCON1C(=O)C(c2cc(C)ccc2C)=CC12CCC(OC)CC2. The number of amides is 1. The smallest absolute Gasteiger partial charge is 0.278 e. The summed E-state index contributed by atoms with van der Waals surface area (Å²) in [6, 6.07) is 6.26. The number of methoxy groups -OCH3 is 1. The third kappa shape index (κ3) is 2.89. The number of rotatable bonds is 4. The van der Waals surface area contributed by atoms with Crippen molar-refractivity contribution >= 4 is 11.5 Å². The van der Waals surface area contributed by atoms with E-state index in [4.69, 9.17) is 9.57 Å². The Bertz CT molecular complexity index is 657. The van der Waals surface area contributed by atoms with Crippen LogP contribution in [0.5, 0.6) is 0 Å². The molecular formula is C20H27NO3. The molecule has 0 saturated heterocycles. The number of nitrogens with zero attached hydrogens (tertiary/aromatic N) is 1. The summed E-state index contributed by atoms with van der Waals surface area (Å²) in [5.41, 5.74) is 3.76. The Morgan fingerprint density at radius 2 is 1.96 bits per heavy atom. The molecule has 1 aromatic rings. The summed E-state index contributed by atoms with van der Waals surface area (Å²) in [4.78, 5) is 18.9. The molecule has 130 valence electrons. The molecule has 2 aliphatic rings. The minimum Gasteiger partial charge on any atom is -0.381 e. The van der Waals surface area contributed by atoms with Crippen LogP contribution >= 0.6 is 0 Å². The second-order valence-corrected chi connectivity index (χ2v) is 6.93. The average molecular weight is 329 g/mol. The Morgan fingerprint density at radius 3 is 2.58 bits per heavy atom. The summed E-state index contributed by atoms with van der Waals surface area (Å²) in [5.74, 6) is -0.0126. The maximum Gasteiger partial charge on any atom is 0.278 e. The van der Waals surface area contributed by atoms with Gasteiger partial charge in [0.2, 0.25) is 0 Å². The quantitative estimate of drug-likeness (QED) is 0.843. The van der Waals surface area contributed by atoms with Crippen molar-refractivity contribution in [3.05, 3.63) is 41.0 Å². The van der Waals surface area contributed by atoms with Crippen molar-refractivity contribution in [1.29, 1.82) is 0 Å². The zero-order valence-electron chi connectivity index (χ0n) is 15.1. The maximum atomic E-state index is 13.1. The summed E-state index contributed by atoms with van der Waals surface area (Å²) < 4.78 is 5.50. The van der Waals surface area contributed by atoms with Gasteiger partial charge in [-0.2, -0.15) is 0 Å². The topological polar surface area (TPSA) is 38.8 Å². The molecule has 1 spiro atoms. The predicted octanol–water partition coefficient (Wildman–Crippen LogP) is 3.81. The molecule has 1 amide bonds. The number of hydroxylamine groups is 2. The molecule has 1 aliphatic carbocycles. The summed E-state index contributed by atoms with van der Waals surface area (Å²) >= 11 is 0. The molecule has 4 nitrogen and oxygen atoms in total. The van der Waals surface area contributed by atoms with E-state index in [1.165, 1.54) is 0 Å². The number of ether oxygens (including phenoxy) is 1. The largest absolute Gasteiger partial charge is 0.381 e. The molecule has 1 saturated carbocycles. The van der Waals surface area contributed by atoms with Crippen molar-refractivity contribution in [2.24, 2.45) is 0 Å². The fourth-order valence-corrected chi connectivity index (χ4v) is 3.91. The summed E-state index contributed by atoms with van der Waals surface area (Å²) in [5, 5.41) is 1.63. The van der Waals surface area contributed by atoms with Crippen molar-refractivity contribution in [3.8, 4) is 0 Å². The molecule has 0 radical (unpaired) electrons. The van der Waals surface area contributed by atoms with Crippen molar-refractivity contribution in [1.82, 2.24) is 5.06 Å². The van der Waals surface area contributed by atoms with E-state index in [-0.39, 0.29) is 17.6 Å². The highest BCUT2D eigenvalue weighted by Crippen LogP contribution is 2.44. The van der Waals surface area contributed by atoms with Gasteiger partial charge in [-0.05, 0) is 63.7 Å². The minimum absolute atomic E-state index is 0.0126. The number of carbonyl (C=O) groups is 1. The first-order valence-corrected chi connectivity index (χ1v) is 8.81. The van der Waals surface area contributed by atoms with Crippen molar-refractivity contribution in [3.63, 3.8) is 0 Å². The first kappa shape index (κ1) is 17.2. The van der Waals surface area contributed by atoms with Gasteiger partial charge in [0.25, 0.3) is 5.91 Å². The normalized spacial score (nSPS) is 27.0. The zero-order chi connectivity index (χ0) is 17.3. The monoisotopic (exact) mass is 329 g/mol. The van der Waals surface area contributed by atoms with E-state index in [0.717, 1.165) is 47.9 Å². The summed E-state index contributed by atoms with van der Waals surface area (Å²) in [7, 11) is 1.76. The molecule has 1 aliphatic heterocycles. The number of carbonyl (C=O) groups excluding carboxylic acids is 1. The molecule has 0 aromatic heterocycles. The highest BCUT2D eigenvalue weighted by molar-refractivity contribution is 6.22. The number of benzene rings is 1. The Morgan fingerprint density at radius 1 is 1.25 bits per heavy atom. The van der Waals surface area contributed by atoms with Gasteiger partial charge in [0.1, 0.15) is 0 Å². The Labute approximate surface area is 144 Å². The molecule has 4 heteroatoms. The first-order chi connectivity index (χ1) is 11.5. The van der Waals surface area contributed by atoms with Gasteiger partial charge in [0.15, 0.2) is 0 Å². The third-order valence-corrected chi connectivity index (χ3v) is 5.31. The fraction of sp³-hybridized carbons (Fsp3) is 0.550. The fourth-order valence-electron chi connectivity index (χ4n) is 3.91. The second kappa shape index (κ2) is 6.69. The highest BCUT2D eigenvalue weighted by atomic mass is 16.7. The van der Waals surface area contributed by atoms with Crippen LogP contribution in [-0.4, -0.2) is 36.3 Å². The van der Waals surface area contributed by atoms with Gasteiger partial charge in [0, 0.05) is 12.7 Å². The van der Waals surface area contributed by atoms with Crippen LogP contribution in [0.3, 0.4) is 0 Å². The van der Waals surface area contributed by atoms with E-state index in [9.17, 15) is 4.79 Å². The van der Waals surface area contributed by atoms with Crippen molar-refractivity contribution in [2.75, 3.05) is 13.7 Å². The van der Waals surface area contributed by atoms with E-state index in [2.05, 4.69) is 38.1 Å². The van der Waals surface area contributed by atoms with Crippen LogP contribution in [0.4, 0.5) is 0 Å².